The molecule has 0 bridgehead atoms. The molecule has 3 heteroatoms. The van der Waals surface area contributed by atoms with Crippen LogP contribution in [0.2, 0.25) is 0 Å². The molecule has 0 amide bonds. The highest BCUT2D eigenvalue weighted by molar-refractivity contribution is 5.58. The van der Waals surface area contributed by atoms with Crippen molar-refractivity contribution in [3.63, 3.8) is 0 Å². The zero-order valence-electron chi connectivity index (χ0n) is 11.9. The fraction of sp³-hybridized carbons (Fsp3) is 0.600. The lowest BCUT2D eigenvalue weighted by atomic mass is 9.90. The molecule has 0 heterocycles. The maximum absolute atomic E-state index is 10.3. The second kappa shape index (κ2) is 8.67. The van der Waals surface area contributed by atoms with E-state index in [0.29, 0.717) is 6.42 Å². The summed E-state index contributed by atoms with van der Waals surface area (Å²) in [6.07, 6.45) is 9.72. The van der Waals surface area contributed by atoms with Gasteiger partial charge in [-0.15, -0.1) is 0 Å². The Kier molecular flexibility index (Phi) is 8.01. The van der Waals surface area contributed by atoms with Gasteiger partial charge in [-0.1, -0.05) is 23.3 Å². The summed E-state index contributed by atoms with van der Waals surface area (Å²) in [5.74, 6) is 0. The molecule has 0 radical (unpaired) electrons. The van der Waals surface area contributed by atoms with Crippen LogP contribution in [0.15, 0.2) is 23.3 Å². The van der Waals surface area contributed by atoms with Crippen LogP contribution in [0.1, 0.15) is 53.4 Å². The van der Waals surface area contributed by atoms with Crippen LogP contribution in [0.3, 0.4) is 0 Å². The fourth-order valence-corrected chi connectivity index (χ4v) is 1.48. The second-order valence-corrected chi connectivity index (χ2v) is 5.42. The van der Waals surface area contributed by atoms with Crippen molar-refractivity contribution in [1.82, 2.24) is 0 Å². The van der Waals surface area contributed by atoms with Crippen molar-refractivity contribution >= 4 is 12.6 Å². The number of allylic oxidation sites excluding steroid dienone is 4. The first kappa shape index (κ1) is 16.6. The summed E-state index contributed by atoms with van der Waals surface area (Å²) < 4.78 is 3.83. The lowest BCUT2D eigenvalue weighted by Gasteiger charge is -2.10. The first-order valence-corrected chi connectivity index (χ1v) is 6.29. The number of hydrogen-bond acceptors (Lipinski definition) is 2. The Balaban J connectivity index is 4.13. The summed E-state index contributed by atoms with van der Waals surface area (Å²) in [5.41, 5.74) is 2.18. The molecule has 102 valence electrons. The van der Waals surface area contributed by atoms with Gasteiger partial charge in [0.2, 0.25) is 0 Å². The van der Waals surface area contributed by atoms with Crippen LogP contribution >= 0.6 is 0 Å². The normalized spacial score (nSPS) is 14.2. The van der Waals surface area contributed by atoms with Crippen LogP contribution in [0.5, 0.6) is 0 Å². The van der Waals surface area contributed by atoms with Gasteiger partial charge in [-0.05, 0) is 47.0 Å². The number of carbonyl (C=O) groups is 1. The van der Waals surface area contributed by atoms with E-state index in [-0.39, 0.29) is 5.41 Å². The van der Waals surface area contributed by atoms with Crippen molar-refractivity contribution in [2.24, 2.45) is 5.41 Å². The molecule has 0 aliphatic carbocycles. The molecule has 0 saturated carbocycles. The predicted molar refractivity (Wildman–Crippen MR) is 71.9 cm³/mol. The molecule has 0 aromatic carbocycles. The Morgan fingerprint density at radius 3 is 2.44 bits per heavy atom. The highest BCUT2D eigenvalue weighted by Gasteiger charge is 2.20. The van der Waals surface area contributed by atoms with Gasteiger partial charge in [0.05, 0.1) is 5.41 Å². The standard InChI is InChI=1S/C15H24O3/c1-13(6-5-7-14(2)9-11-16)8-10-15(3,4)12-18-17/h7-8,11-12H,5-6,9-10H2,1-4H3/b13-8+,14-7+. The minimum absolute atomic E-state index is 0.230. The van der Waals surface area contributed by atoms with Crippen LogP contribution in [-0.2, 0) is 9.37 Å². The Hall–Kier alpha value is -1.38. The van der Waals surface area contributed by atoms with Crippen LogP contribution < -0.4 is 5.26 Å². The van der Waals surface area contributed by atoms with Gasteiger partial charge < -0.3 is 10.1 Å². The minimum atomic E-state index is -0.230. The van der Waals surface area contributed by atoms with Gasteiger partial charge in [0.15, 0.2) is 0 Å². The third-order valence-electron chi connectivity index (χ3n) is 2.78. The van der Waals surface area contributed by atoms with Gasteiger partial charge in [0, 0.05) is 6.42 Å². The average Bonchev–Trinajstić information content (AvgIpc) is 2.27. The van der Waals surface area contributed by atoms with E-state index in [9.17, 15) is 10.1 Å². The molecule has 0 atom stereocenters. The largest absolute Gasteiger partial charge is 0.463 e. The Morgan fingerprint density at radius 2 is 1.89 bits per heavy atom. The van der Waals surface area contributed by atoms with Gasteiger partial charge in [0.1, 0.15) is 6.29 Å². The van der Waals surface area contributed by atoms with Crippen molar-refractivity contribution in [2.45, 2.75) is 53.4 Å². The van der Waals surface area contributed by atoms with Crippen molar-refractivity contribution in [3.8, 4) is 0 Å². The first-order chi connectivity index (χ1) is 8.41. The highest BCUT2D eigenvalue weighted by atomic mass is 17.1. The van der Waals surface area contributed by atoms with E-state index < -0.39 is 0 Å². The van der Waals surface area contributed by atoms with Gasteiger partial charge in [0.25, 0.3) is 0 Å². The van der Waals surface area contributed by atoms with Gasteiger partial charge in [-0.3, -0.25) is 0 Å². The molecule has 18 heavy (non-hydrogen) atoms. The lowest BCUT2D eigenvalue weighted by Crippen LogP contribution is -2.16. The molecular weight excluding hydrogens is 228 g/mol. The summed E-state index contributed by atoms with van der Waals surface area (Å²) in [6, 6.07) is 0. The molecule has 0 aromatic rings. The van der Waals surface area contributed by atoms with E-state index >= 15 is 0 Å². The molecule has 0 aromatic heterocycles. The molecule has 0 N–H and O–H groups in total. The molecular formula is C15H24O3. The molecule has 0 fully saturated rings. The van der Waals surface area contributed by atoms with Crippen LogP contribution in [0.4, 0.5) is 0 Å². The van der Waals surface area contributed by atoms with Gasteiger partial charge >= 0.3 is 6.29 Å². The maximum atomic E-state index is 10.3. The molecule has 0 aliphatic rings. The SMILES string of the molecule is C/C(=C\CC/C(C)=C/CC(C)(C)C=[O+][O-])CC=O. The number of hydrogen-bond donors (Lipinski definition) is 0. The van der Waals surface area contributed by atoms with Crippen molar-refractivity contribution in [1.29, 1.82) is 0 Å². The minimum Gasteiger partial charge on any atom is -0.463 e. The van der Waals surface area contributed by atoms with E-state index in [1.165, 1.54) is 11.9 Å². The van der Waals surface area contributed by atoms with Gasteiger partial charge in [-0.25, -0.2) is 0 Å². The number of aldehydes is 2. The molecule has 0 spiro atoms. The zero-order chi connectivity index (χ0) is 14.0. The van der Waals surface area contributed by atoms with Crippen LogP contribution in [0, 0.1) is 5.41 Å². The molecule has 0 rings (SSSR count). The summed E-state index contributed by atoms with van der Waals surface area (Å²) in [4.78, 5) is 10.3. The second-order valence-electron chi connectivity index (χ2n) is 5.42. The van der Waals surface area contributed by atoms with E-state index in [4.69, 9.17) is 0 Å². The Bertz CT molecular complexity index is 336. The van der Waals surface area contributed by atoms with Crippen molar-refractivity contribution in [3.05, 3.63) is 23.3 Å². The van der Waals surface area contributed by atoms with E-state index in [2.05, 4.69) is 23.7 Å². The molecule has 0 unspecified atom stereocenters. The summed E-state index contributed by atoms with van der Waals surface area (Å²) in [7, 11) is 0. The molecule has 0 aliphatic heterocycles. The molecule has 3 nitrogen and oxygen atoms in total. The topological polar surface area (TPSA) is 51.4 Å². The third kappa shape index (κ3) is 8.74. The van der Waals surface area contributed by atoms with E-state index in [1.54, 1.807) is 0 Å². The summed E-state index contributed by atoms with van der Waals surface area (Å²) in [5, 5.41) is 10.1. The van der Waals surface area contributed by atoms with E-state index in [0.717, 1.165) is 31.1 Å². The quantitative estimate of drug-likeness (QED) is 0.219. The maximum Gasteiger partial charge on any atom is 0.324 e. The Morgan fingerprint density at radius 1 is 1.22 bits per heavy atom. The average molecular weight is 252 g/mol. The Labute approximate surface area is 110 Å². The van der Waals surface area contributed by atoms with Crippen LogP contribution in [-0.4, -0.2) is 12.6 Å². The van der Waals surface area contributed by atoms with E-state index in [1.807, 2.05) is 20.8 Å². The smallest absolute Gasteiger partial charge is 0.324 e. The fourth-order valence-electron chi connectivity index (χ4n) is 1.48. The monoisotopic (exact) mass is 252 g/mol. The van der Waals surface area contributed by atoms with Crippen LogP contribution in [0.25, 0.3) is 0 Å². The predicted octanol–water partition coefficient (Wildman–Crippen LogP) is 2.67. The lowest BCUT2D eigenvalue weighted by molar-refractivity contribution is -1.04. The summed E-state index contributed by atoms with van der Waals surface area (Å²) in [6.45, 7) is 7.97. The zero-order valence-corrected chi connectivity index (χ0v) is 11.9. The number of carbonyl (C=O) groups excluding carboxylic acids is 2. The summed E-state index contributed by atoms with van der Waals surface area (Å²) >= 11 is 0. The third-order valence-corrected chi connectivity index (χ3v) is 2.78. The van der Waals surface area contributed by atoms with Gasteiger partial charge in [-0.2, -0.15) is 4.58 Å². The first-order valence-electron chi connectivity index (χ1n) is 6.29. The van der Waals surface area contributed by atoms with Crippen molar-refractivity contribution < 1.29 is 14.6 Å². The highest BCUT2D eigenvalue weighted by Crippen LogP contribution is 2.19. The number of rotatable bonds is 8. The van der Waals surface area contributed by atoms with Crippen molar-refractivity contribution in [2.75, 3.05) is 0 Å². The molecule has 0 saturated heterocycles.